The van der Waals surface area contributed by atoms with Crippen LogP contribution in [0, 0.1) is 5.82 Å². The summed E-state index contributed by atoms with van der Waals surface area (Å²) in [6.45, 7) is 6.81. The maximum Gasteiger partial charge on any atom is 0.183 e. The summed E-state index contributed by atoms with van der Waals surface area (Å²) < 4.78 is 31.2. The molecule has 1 aliphatic heterocycles. The molecule has 120 valence electrons. The van der Waals surface area contributed by atoms with Gasteiger partial charge in [0.15, 0.2) is 6.29 Å². The molecule has 0 aliphatic carbocycles. The summed E-state index contributed by atoms with van der Waals surface area (Å²) in [5.74, 6) is 0.127. The van der Waals surface area contributed by atoms with Gasteiger partial charge in [0.25, 0.3) is 0 Å². The molecule has 4 heteroatoms. The van der Waals surface area contributed by atoms with Crippen LogP contribution in [0.25, 0.3) is 23.5 Å². The van der Waals surface area contributed by atoms with Crippen LogP contribution < -0.4 is 10.6 Å². The minimum absolute atomic E-state index is 0.359. The van der Waals surface area contributed by atoms with E-state index in [4.69, 9.17) is 13.9 Å². The Balaban J connectivity index is 1.98. The van der Waals surface area contributed by atoms with E-state index >= 15 is 0 Å². The van der Waals surface area contributed by atoms with Crippen molar-refractivity contribution >= 4 is 12.2 Å². The van der Waals surface area contributed by atoms with Crippen molar-refractivity contribution in [1.29, 1.82) is 0 Å². The maximum atomic E-state index is 14.5. The summed E-state index contributed by atoms with van der Waals surface area (Å²) in [5, 5.41) is 0.875. The van der Waals surface area contributed by atoms with Gasteiger partial charge in [0.2, 0.25) is 0 Å². The van der Waals surface area contributed by atoms with E-state index < -0.39 is 6.29 Å². The number of ether oxygens (including phenoxy) is 2. The van der Waals surface area contributed by atoms with Crippen molar-refractivity contribution in [3.8, 4) is 11.3 Å². The second-order valence-corrected chi connectivity index (χ2v) is 5.29. The monoisotopic (exact) mass is 314 g/mol. The van der Waals surface area contributed by atoms with Crippen LogP contribution in [0.1, 0.15) is 25.2 Å². The third kappa shape index (κ3) is 3.28. The van der Waals surface area contributed by atoms with E-state index in [0.717, 1.165) is 11.6 Å². The van der Waals surface area contributed by atoms with Crippen molar-refractivity contribution in [2.24, 2.45) is 0 Å². The molecule has 0 saturated carbocycles. The van der Waals surface area contributed by atoms with Crippen LogP contribution in [-0.4, -0.2) is 13.2 Å². The van der Waals surface area contributed by atoms with Gasteiger partial charge in [0.1, 0.15) is 17.0 Å². The Hall–Kier alpha value is -2.17. The van der Waals surface area contributed by atoms with Crippen molar-refractivity contribution < 1.29 is 18.3 Å². The zero-order chi connectivity index (χ0) is 16.2. The van der Waals surface area contributed by atoms with E-state index in [0.29, 0.717) is 35.5 Å². The van der Waals surface area contributed by atoms with Crippen LogP contribution >= 0.6 is 0 Å². The van der Waals surface area contributed by atoms with Gasteiger partial charge in [-0.3, -0.25) is 0 Å². The molecule has 0 amide bonds. The van der Waals surface area contributed by atoms with E-state index in [-0.39, 0.29) is 5.82 Å². The number of halogens is 1. The van der Waals surface area contributed by atoms with Crippen molar-refractivity contribution in [2.75, 3.05) is 13.2 Å². The van der Waals surface area contributed by atoms with Crippen LogP contribution in [0.15, 0.2) is 41.3 Å². The summed E-state index contributed by atoms with van der Waals surface area (Å²) >= 11 is 0. The Kier molecular flexibility index (Phi) is 4.74. The van der Waals surface area contributed by atoms with Crippen LogP contribution in [0.2, 0.25) is 0 Å². The Morgan fingerprint density at radius 3 is 2.65 bits per heavy atom. The van der Waals surface area contributed by atoms with Gasteiger partial charge in [-0.2, -0.15) is 0 Å². The van der Waals surface area contributed by atoms with Crippen molar-refractivity contribution in [2.45, 2.75) is 19.6 Å². The average Bonchev–Trinajstić information content (AvgIpc) is 2.98. The van der Waals surface area contributed by atoms with Crippen LogP contribution in [0.4, 0.5) is 4.39 Å². The predicted octanol–water partition coefficient (Wildman–Crippen LogP) is 3.29. The molecule has 1 aromatic carbocycles. The Labute approximate surface area is 134 Å². The summed E-state index contributed by atoms with van der Waals surface area (Å²) in [6, 6.07) is 6.76. The topological polar surface area (TPSA) is 31.6 Å². The lowest BCUT2D eigenvalue weighted by atomic mass is 10.1. The first kappa shape index (κ1) is 15.7. The Bertz CT molecular complexity index is 814. The SMILES string of the molecule is C=C/C=c1/cc(-c2ccc(C3OCCCO3)cc2F)o/c1=C/C. The minimum Gasteiger partial charge on any atom is -0.456 e. The molecule has 3 rings (SSSR count). The third-order valence-electron chi connectivity index (χ3n) is 3.71. The summed E-state index contributed by atoms with van der Waals surface area (Å²) in [4.78, 5) is 0. The molecular formula is C19H19FO3. The van der Waals surface area contributed by atoms with Gasteiger partial charge in [0.05, 0.1) is 18.8 Å². The number of rotatable bonds is 3. The first-order chi connectivity index (χ1) is 11.2. The molecule has 0 atom stereocenters. The van der Waals surface area contributed by atoms with E-state index in [9.17, 15) is 4.39 Å². The van der Waals surface area contributed by atoms with Gasteiger partial charge in [-0.1, -0.05) is 24.8 Å². The lowest BCUT2D eigenvalue weighted by Gasteiger charge is -2.23. The molecule has 1 fully saturated rings. The number of benzene rings is 1. The first-order valence-corrected chi connectivity index (χ1v) is 7.65. The maximum absolute atomic E-state index is 14.5. The molecule has 1 saturated heterocycles. The normalized spacial score (nSPS) is 17.7. The molecule has 23 heavy (non-hydrogen) atoms. The molecular weight excluding hydrogens is 295 g/mol. The molecule has 0 unspecified atom stereocenters. The largest absolute Gasteiger partial charge is 0.456 e. The van der Waals surface area contributed by atoms with Crippen LogP contribution in [-0.2, 0) is 9.47 Å². The highest BCUT2D eigenvalue weighted by Gasteiger charge is 2.19. The molecule has 0 N–H and O–H groups in total. The van der Waals surface area contributed by atoms with E-state index in [1.165, 1.54) is 6.07 Å². The number of furan rings is 1. The molecule has 2 heterocycles. The summed E-state index contributed by atoms with van der Waals surface area (Å²) in [6.07, 6.45) is 5.72. The van der Waals surface area contributed by atoms with Gasteiger partial charge in [-0.05, 0) is 37.6 Å². The lowest BCUT2D eigenvalue weighted by Crippen LogP contribution is -2.17. The van der Waals surface area contributed by atoms with E-state index in [2.05, 4.69) is 6.58 Å². The zero-order valence-corrected chi connectivity index (χ0v) is 13.0. The van der Waals surface area contributed by atoms with Crippen LogP contribution in [0.5, 0.6) is 0 Å². The molecule has 1 aromatic heterocycles. The number of hydrogen-bond donors (Lipinski definition) is 0. The second-order valence-electron chi connectivity index (χ2n) is 5.29. The van der Waals surface area contributed by atoms with E-state index in [1.54, 1.807) is 12.1 Å². The predicted molar refractivity (Wildman–Crippen MR) is 87.4 cm³/mol. The van der Waals surface area contributed by atoms with Crippen LogP contribution in [0.3, 0.4) is 0 Å². The van der Waals surface area contributed by atoms with Crippen molar-refractivity contribution in [3.05, 3.63) is 58.9 Å². The highest BCUT2D eigenvalue weighted by molar-refractivity contribution is 5.60. The molecule has 0 bridgehead atoms. The Morgan fingerprint density at radius 2 is 2.00 bits per heavy atom. The van der Waals surface area contributed by atoms with Gasteiger partial charge < -0.3 is 13.9 Å². The lowest BCUT2D eigenvalue weighted by molar-refractivity contribution is -0.183. The summed E-state index contributed by atoms with van der Waals surface area (Å²) in [7, 11) is 0. The minimum atomic E-state index is -0.493. The molecule has 2 aromatic rings. The zero-order valence-electron chi connectivity index (χ0n) is 13.0. The summed E-state index contributed by atoms with van der Waals surface area (Å²) in [5.41, 5.74) is 1.79. The fourth-order valence-corrected chi connectivity index (χ4v) is 2.59. The van der Waals surface area contributed by atoms with E-state index in [1.807, 2.05) is 31.2 Å². The van der Waals surface area contributed by atoms with Gasteiger partial charge >= 0.3 is 0 Å². The standard InChI is InChI=1S/C19H19FO3/c1-3-6-13-12-18(23-17(13)4-2)15-8-7-14(11-16(15)20)19-21-9-5-10-22-19/h3-4,6-8,11-12,19H,1,5,9-10H2,2H3/b13-6-,17-4+. The molecule has 3 nitrogen and oxygen atoms in total. The van der Waals surface area contributed by atoms with Gasteiger partial charge in [-0.15, -0.1) is 0 Å². The van der Waals surface area contributed by atoms with Gasteiger partial charge in [0, 0.05) is 10.8 Å². The highest BCUT2D eigenvalue weighted by Crippen LogP contribution is 2.28. The van der Waals surface area contributed by atoms with Crippen molar-refractivity contribution in [3.63, 3.8) is 0 Å². The second kappa shape index (κ2) is 6.94. The Morgan fingerprint density at radius 1 is 1.22 bits per heavy atom. The smallest absolute Gasteiger partial charge is 0.183 e. The fourth-order valence-electron chi connectivity index (χ4n) is 2.59. The third-order valence-corrected chi connectivity index (χ3v) is 3.71. The molecule has 1 aliphatic rings. The number of hydrogen-bond acceptors (Lipinski definition) is 3. The van der Waals surface area contributed by atoms with Gasteiger partial charge in [-0.25, -0.2) is 4.39 Å². The first-order valence-electron chi connectivity index (χ1n) is 7.65. The fraction of sp³-hybridized carbons (Fsp3) is 0.263. The number of allylic oxidation sites excluding steroid dienone is 1. The highest BCUT2D eigenvalue weighted by atomic mass is 19.1. The van der Waals surface area contributed by atoms with Crippen molar-refractivity contribution in [1.82, 2.24) is 0 Å². The quantitative estimate of drug-likeness (QED) is 0.871. The molecule has 0 radical (unpaired) electrons. The average molecular weight is 314 g/mol. The molecule has 0 spiro atoms.